The lowest BCUT2D eigenvalue weighted by atomic mass is 9.57. The first-order chi connectivity index (χ1) is 11.9. The lowest BCUT2D eigenvalue weighted by Gasteiger charge is -2.45. The number of hydrogen-bond donors (Lipinski definition) is 1. The van der Waals surface area contributed by atoms with Gasteiger partial charge in [0.1, 0.15) is 5.75 Å². The zero-order valence-corrected chi connectivity index (χ0v) is 16.2. The molecule has 26 heavy (non-hydrogen) atoms. The number of carbonyl (C=O) groups excluding carboxylic acids is 2. The molecule has 6 nitrogen and oxygen atoms in total. The summed E-state index contributed by atoms with van der Waals surface area (Å²) < 4.78 is 22.5. The van der Waals surface area contributed by atoms with E-state index in [2.05, 4.69) is 0 Å². The van der Waals surface area contributed by atoms with Crippen LogP contribution in [0.4, 0.5) is 0 Å². The molecular weight excluding hydrogens is 355 g/mol. The Labute approximate surface area is 152 Å². The van der Waals surface area contributed by atoms with E-state index in [0.717, 1.165) is 6.66 Å². The third-order valence-electron chi connectivity index (χ3n) is 5.05. The van der Waals surface area contributed by atoms with Crippen LogP contribution in [-0.2, 0) is 19.3 Å². The van der Waals surface area contributed by atoms with Gasteiger partial charge in [-0.15, -0.1) is 0 Å². The van der Waals surface area contributed by atoms with Crippen LogP contribution in [0.15, 0.2) is 41.7 Å². The van der Waals surface area contributed by atoms with Crippen molar-refractivity contribution in [2.75, 3.05) is 13.8 Å². The molecule has 1 aromatic carbocycles. The molecule has 1 N–H and O–H groups in total. The van der Waals surface area contributed by atoms with Gasteiger partial charge in [-0.2, -0.15) is 0 Å². The second-order valence-corrected chi connectivity index (χ2v) is 9.15. The van der Waals surface area contributed by atoms with Gasteiger partial charge >= 0.3 is 7.60 Å². The van der Waals surface area contributed by atoms with E-state index < -0.39 is 24.2 Å². The van der Waals surface area contributed by atoms with E-state index in [4.69, 9.17) is 9.26 Å². The lowest BCUT2D eigenvalue weighted by Crippen LogP contribution is -2.45. The van der Waals surface area contributed by atoms with Crippen LogP contribution in [0.5, 0.6) is 5.75 Å². The van der Waals surface area contributed by atoms with E-state index in [1.54, 1.807) is 38.1 Å². The number of ketones is 2. The second-order valence-electron chi connectivity index (χ2n) is 7.36. The molecular formula is C19H21O6P. The number of methoxy groups -OCH3 is 1. The van der Waals surface area contributed by atoms with E-state index in [1.165, 1.54) is 13.2 Å². The van der Waals surface area contributed by atoms with Crippen molar-refractivity contribution < 1.29 is 28.3 Å². The van der Waals surface area contributed by atoms with Crippen molar-refractivity contribution in [2.24, 2.45) is 5.41 Å². The number of rotatable bonds is 3. The van der Waals surface area contributed by atoms with Crippen LogP contribution in [0.2, 0.25) is 0 Å². The predicted molar refractivity (Wildman–Crippen MR) is 96.5 cm³/mol. The van der Waals surface area contributed by atoms with Gasteiger partial charge in [0.15, 0.2) is 11.5 Å². The molecule has 0 saturated heterocycles. The fourth-order valence-corrected chi connectivity index (χ4v) is 4.33. The van der Waals surface area contributed by atoms with Crippen LogP contribution in [0, 0.1) is 5.41 Å². The normalized spacial score (nSPS) is 26.1. The lowest BCUT2D eigenvalue weighted by molar-refractivity contribution is -0.121. The van der Waals surface area contributed by atoms with Crippen LogP contribution in [0.1, 0.15) is 36.7 Å². The number of ether oxygens (including phenoxy) is 1. The number of hydrogen-bond acceptors (Lipinski definition) is 5. The third-order valence-corrected chi connectivity index (χ3v) is 5.57. The van der Waals surface area contributed by atoms with Gasteiger partial charge < -0.3 is 14.2 Å². The summed E-state index contributed by atoms with van der Waals surface area (Å²) in [5.74, 6) is -0.356. The quantitative estimate of drug-likeness (QED) is 0.814. The molecule has 0 spiro atoms. The Morgan fingerprint density at radius 1 is 1.15 bits per heavy atom. The molecule has 2 atom stereocenters. The molecule has 3 rings (SSSR count). The minimum atomic E-state index is -4.01. The first-order valence-electron chi connectivity index (χ1n) is 8.14. The third kappa shape index (κ3) is 2.65. The average molecular weight is 376 g/mol. The van der Waals surface area contributed by atoms with Gasteiger partial charge in [-0.1, -0.05) is 6.08 Å². The highest BCUT2D eigenvalue weighted by Gasteiger charge is 2.52. The Bertz CT molecular complexity index is 933. The van der Waals surface area contributed by atoms with Crippen molar-refractivity contribution in [1.82, 2.24) is 0 Å². The van der Waals surface area contributed by atoms with E-state index in [1.807, 2.05) is 6.92 Å². The van der Waals surface area contributed by atoms with Gasteiger partial charge in [0.2, 0.25) is 5.78 Å². The monoisotopic (exact) mass is 376 g/mol. The molecule has 0 aromatic heterocycles. The number of Topliss-reactive ketones (excluding diaryl/α,β-unsaturated/α-hetero) is 1. The largest absolute Gasteiger partial charge is 0.497 e. The number of carbonyl (C=O) groups is 2. The SMILES string of the molecule is COc1ccc2c(c1)[C@]1(C)C=CC(=O)C(C)(C)C1=C(OP(C)(=O)O)C2=O. The Morgan fingerprint density at radius 3 is 2.38 bits per heavy atom. The number of allylic oxidation sites excluding steroid dienone is 4. The van der Waals surface area contributed by atoms with Gasteiger partial charge in [0, 0.05) is 23.2 Å². The van der Waals surface area contributed by atoms with E-state index in [9.17, 15) is 19.0 Å². The Hall–Kier alpha value is -2.17. The first kappa shape index (κ1) is 18.6. The van der Waals surface area contributed by atoms with Crippen molar-refractivity contribution in [1.29, 1.82) is 0 Å². The molecule has 138 valence electrons. The summed E-state index contributed by atoms with van der Waals surface area (Å²) >= 11 is 0. The molecule has 0 fully saturated rings. The summed E-state index contributed by atoms with van der Waals surface area (Å²) in [6.45, 7) is 6.25. The van der Waals surface area contributed by atoms with Crippen molar-refractivity contribution >= 4 is 19.2 Å². The fraction of sp³-hybridized carbons (Fsp3) is 0.368. The molecule has 7 heteroatoms. The van der Waals surface area contributed by atoms with Crippen LogP contribution in [0.3, 0.4) is 0 Å². The molecule has 0 amide bonds. The molecule has 1 aromatic rings. The molecule has 0 heterocycles. The highest BCUT2D eigenvalue weighted by molar-refractivity contribution is 7.52. The van der Waals surface area contributed by atoms with Gasteiger partial charge in [-0.3, -0.25) is 9.59 Å². The molecule has 2 aliphatic rings. The Kier molecular flexibility index (Phi) is 4.05. The number of benzene rings is 1. The fourth-order valence-electron chi connectivity index (χ4n) is 3.82. The highest BCUT2D eigenvalue weighted by Crippen LogP contribution is 2.55. The first-order valence-corrected chi connectivity index (χ1v) is 10.2. The van der Waals surface area contributed by atoms with Crippen molar-refractivity contribution in [3.05, 3.63) is 52.8 Å². The smallest absolute Gasteiger partial charge is 0.373 e. The van der Waals surface area contributed by atoms with Gasteiger partial charge in [0.25, 0.3) is 0 Å². The Morgan fingerprint density at radius 2 is 1.81 bits per heavy atom. The average Bonchev–Trinajstić information content (AvgIpc) is 2.54. The zero-order chi connectivity index (χ0) is 19.5. The summed E-state index contributed by atoms with van der Waals surface area (Å²) in [5, 5.41) is 0. The second kappa shape index (κ2) is 5.66. The van der Waals surface area contributed by atoms with Crippen LogP contribution >= 0.6 is 7.60 Å². The van der Waals surface area contributed by atoms with Crippen molar-refractivity contribution in [3.63, 3.8) is 0 Å². The van der Waals surface area contributed by atoms with Gasteiger partial charge in [0.05, 0.1) is 12.5 Å². The molecule has 0 bridgehead atoms. The zero-order valence-electron chi connectivity index (χ0n) is 15.3. The topological polar surface area (TPSA) is 89.9 Å². The summed E-state index contributed by atoms with van der Waals surface area (Å²) in [7, 11) is -2.48. The van der Waals surface area contributed by atoms with E-state index in [-0.39, 0.29) is 11.5 Å². The van der Waals surface area contributed by atoms with E-state index in [0.29, 0.717) is 22.4 Å². The van der Waals surface area contributed by atoms with Crippen molar-refractivity contribution in [3.8, 4) is 5.75 Å². The molecule has 0 saturated carbocycles. The predicted octanol–water partition coefficient (Wildman–Crippen LogP) is 3.40. The minimum Gasteiger partial charge on any atom is -0.497 e. The van der Waals surface area contributed by atoms with Crippen LogP contribution < -0.4 is 4.74 Å². The maximum Gasteiger partial charge on any atom is 0.373 e. The standard InChI is InChI=1S/C19H21O6P/c1-18(2)14(20)8-9-19(3)13-10-11(24-4)6-7-12(13)15(21)16(17(18)19)25-26(5,22)23/h6-10H,1-5H3,(H,22,23)/t19-/m0/s1. The highest BCUT2D eigenvalue weighted by atomic mass is 31.2. The minimum absolute atomic E-state index is 0.200. The van der Waals surface area contributed by atoms with Crippen LogP contribution in [-0.4, -0.2) is 30.2 Å². The molecule has 0 aliphatic heterocycles. The summed E-state index contributed by atoms with van der Waals surface area (Å²) in [6, 6.07) is 5.01. The van der Waals surface area contributed by atoms with Crippen molar-refractivity contribution in [2.45, 2.75) is 26.2 Å². The Balaban J connectivity index is 2.41. The maximum absolute atomic E-state index is 13.1. The molecule has 0 radical (unpaired) electrons. The van der Waals surface area contributed by atoms with E-state index >= 15 is 0 Å². The summed E-state index contributed by atoms with van der Waals surface area (Å²) in [5.41, 5.74) is -0.496. The summed E-state index contributed by atoms with van der Waals surface area (Å²) in [4.78, 5) is 35.4. The molecule has 2 aliphatic carbocycles. The molecule has 1 unspecified atom stereocenters. The maximum atomic E-state index is 13.1. The van der Waals surface area contributed by atoms with Gasteiger partial charge in [-0.25, -0.2) is 4.57 Å². The van der Waals surface area contributed by atoms with Crippen LogP contribution in [0.25, 0.3) is 0 Å². The number of fused-ring (bicyclic) bond motifs is 3. The van der Waals surface area contributed by atoms with Gasteiger partial charge in [-0.05, 0) is 50.6 Å². The summed E-state index contributed by atoms with van der Waals surface area (Å²) in [6.07, 6.45) is 3.20.